The van der Waals surface area contributed by atoms with E-state index >= 15 is 0 Å². The molecule has 2 amide bonds. The zero-order valence-corrected chi connectivity index (χ0v) is 17.3. The summed E-state index contributed by atoms with van der Waals surface area (Å²) < 4.78 is 2.05. The fourth-order valence-electron chi connectivity index (χ4n) is 3.57. The summed E-state index contributed by atoms with van der Waals surface area (Å²) in [5.74, 6) is 0. The van der Waals surface area contributed by atoms with Gasteiger partial charge in [-0.15, -0.1) is 0 Å². The molecule has 2 N–H and O–H groups in total. The Bertz CT molecular complexity index is 1120. The summed E-state index contributed by atoms with van der Waals surface area (Å²) in [7, 11) is 0. The van der Waals surface area contributed by atoms with Crippen LogP contribution >= 0.6 is 0 Å². The van der Waals surface area contributed by atoms with Crippen LogP contribution in [0.1, 0.15) is 11.1 Å². The summed E-state index contributed by atoms with van der Waals surface area (Å²) in [6, 6.07) is 25.9. The number of carbonyl (C=O) groups excluding carboxylic acids is 1. The lowest BCUT2D eigenvalue weighted by atomic mass is 10.1. The standard InChI is InChI=1S/C25H26N4O2/c30-17-16-28(15-14-20-6-2-1-3-7-20)25(31)26-18-21-10-12-22(13-11-21)29-19-27-23-8-4-5-9-24(23)29/h1-13,19,30H,14-18H2,(H,26,31). The van der Waals surface area contributed by atoms with Gasteiger partial charge >= 0.3 is 6.03 Å². The number of fused-ring (bicyclic) bond motifs is 1. The SMILES string of the molecule is O=C(NCc1ccc(-n2cnc3ccccc32)cc1)N(CCO)CCc1ccccc1. The molecule has 0 bridgehead atoms. The van der Waals surface area contributed by atoms with Gasteiger partial charge in [-0.2, -0.15) is 0 Å². The topological polar surface area (TPSA) is 70.4 Å². The molecule has 6 heteroatoms. The van der Waals surface area contributed by atoms with Crippen LogP contribution in [0.4, 0.5) is 4.79 Å². The molecule has 0 radical (unpaired) electrons. The van der Waals surface area contributed by atoms with Crippen LogP contribution in [0.2, 0.25) is 0 Å². The van der Waals surface area contributed by atoms with Gasteiger partial charge in [0.15, 0.2) is 0 Å². The van der Waals surface area contributed by atoms with E-state index in [2.05, 4.69) is 10.3 Å². The molecule has 0 saturated heterocycles. The zero-order valence-electron chi connectivity index (χ0n) is 17.3. The van der Waals surface area contributed by atoms with Gasteiger partial charge in [0.25, 0.3) is 0 Å². The molecule has 0 atom stereocenters. The van der Waals surface area contributed by atoms with E-state index in [4.69, 9.17) is 0 Å². The Kier molecular flexibility index (Phi) is 6.59. The summed E-state index contributed by atoms with van der Waals surface area (Å²) in [4.78, 5) is 18.7. The van der Waals surface area contributed by atoms with E-state index in [-0.39, 0.29) is 12.6 Å². The van der Waals surface area contributed by atoms with Crippen LogP contribution in [0.5, 0.6) is 0 Å². The third-order valence-corrected chi connectivity index (χ3v) is 5.28. The van der Waals surface area contributed by atoms with E-state index in [1.807, 2.05) is 89.8 Å². The summed E-state index contributed by atoms with van der Waals surface area (Å²) in [6.45, 7) is 1.24. The number of urea groups is 1. The molecule has 4 aromatic rings. The highest BCUT2D eigenvalue weighted by atomic mass is 16.3. The van der Waals surface area contributed by atoms with Crippen LogP contribution in [-0.4, -0.2) is 45.3 Å². The number of hydrogen-bond donors (Lipinski definition) is 2. The molecule has 158 valence electrons. The number of carbonyl (C=O) groups is 1. The molecule has 0 aliphatic carbocycles. The van der Waals surface area contributed by atoms with E-state index < -0.39 is 0 Å². The summed E-state index contributed by atoms with van der Waals surface area (Å²) in [5, 5.41) is 12.3. The average Bonchev–Trinajstić information content (AvgIpc) is 3.25. The lowest BCUT2D eigenvalue weighted by Gasteiger charge is -2.22. The number of amides is 2. The molecule has 0 saturated carbocycles. The Labute approximate surface area is 181 Å². The van der Waals surface area contributed by atoms with Crippen molar-refractivity contribution in [1.29, 1.82) is 0 Å². The molecular formula is C25H26N4O2. The predicted octanol–water partition coefficient (Wildman–Crippen LogP) is 3.77. The maximum Gasteiger partial charge on any atom is 0.317 e. The number of nitrogens with zero attached hydrogens (tertiary/aromatic N) is 3. The minimum absolute atomic E-state index is 0.0598. The minimum Gasteiger partial charge on any atom is -0.395 e. The second-order valence-corrected chi connectivity index (χ2v) is 7.37. The van der Waals surface area contributed by atoms with Gasteiger partial charge in [-0.3, -0.25) is 4.57 Å². The van der Waals surface area contributed by atoms with E-state index in [1.54, 1.807) is 4.90 Å². The van der Waals surface area contributed by atoms with Gasteiger partial charge in [0.2, 0.25) is 0 Å². The molecule has 4 rings (SSSR count). The number of nitrogens with one attached hydrogen (secondary N) is 1. The van der Waals surface area contributed by atoms with Gasteiger partial charge in [-0.25, -0.2) is 9.78 Å². The summed E-state index contributed by atoms with van der Waals surface area (Å²) in [5.41, 5.74) is 5.21. The van der Waals surface area contributed by atoms with Gasteiger partial charge in [0.1, 0.15) is 6.33 Å². The van der Waals surface area contributed by atoms with Crippen molar-refractivity contribution in [3.05, 3.63) is 96.3 Å². The van der Waals surface area contributed by atoms with Crippen LogP contribution in [0.25, 0.3) is 16.7 Å². The van der Waals surface area contributed by atoms with E-state index in [0.29, 0.717) is 19.6 Å². The van der Waals surface area contributed by atoms with Crippen molar-refractivity contribution in [2.45, 2.75) is 13.0 Å². The molecular weight excluding hydrogens is 388 g/mol. The Morgan fingerprint density at radius 3 is 2.42 bits per heavy atom. The Hall–Kier alpha value is -3.64. The van der Waals surface area contributed by atoms with E-state index in [9.17, 15) is 9.90 Å². The molecule has 1 aromatic heterocycles. The third-order valence-electron chi connectivity index (χ3n) is 5.28. The van der Waals surface area contributed by atoms with Crippen molar-refractivity contribution in [3.8, 4) is 5.69 Å². The minimum atomic E-state index is -0.172. The summed E-state index contributed by atoms with van der Waals surface area (Å²) in [6.07, 6.45) is 2.57. The first-order valence-electron chi connectivity index (χ1n) is 10.4. The van der Waals surface area contributed by atoms with Crippen LogP contribution in [-0.2, 0) is 13.0 Å². The normalized spacial score (nSPS) is 10.9. The van der Waals surface area contributed by atoms with Gasteiger partial charge in [0, 0.05) is 25.3 Å². The van der Waals surface area contributed by atoms with Crippen molar-refractivity contribution in [1.82, 2.24) is 19.8 Å². The fraction of sp³-hybridized carbons (Fsp3) is 0.200. The van der Waals surface area contributed by atoms with Crippen LogP contribution in [0.15, 0.2) is 85.2 Å². The first-order valence-corrected chi connectivity index (χ1v) is 10.4. The van der Waals surface area contributed by atoms with Crippen molar-refractivity contribution in [3.63, 3.8) is 0 Å². The smallest absolute Gasteiger partial charge is 0.317 e. The maximum atomic E-state index is 12.6. The first-order chi connectivity index (χ1) is 15.2. The highest BCUT2D eigenvalue weighted by molar-refractivity contribution is 5.77. The number of hydrogen-bond acceptors (Lipinski definition) is 3. The number of benzene rings is 3. The second-order valence-electron chi connectivity index (χ2n) is 7.37. The predicted molar refractivity (Wildman–Crippen MR) is 122 cm³/mol. The largest absolute Gasteiger partial charge is 0.395 e. The van der Waals surface area contributed by atoms with Crippen LogP contribution in [0.3, 0.4) is 0 Å². The fourth-order valence-corrected chi connectivity index (χ4v) is 3.57. The van der Waals surface area contributed by atoms with Gasteiger partial charge < -0.3 is 15.3 Å². The molecule has 0 fully saturated rings. The van der Waals surface area contributed by atoms with Gasteiger partial charge in [-0.1, -0.05) is 54.6 Å². The Balaban J connectivity index is 1.35. The van der Waals surface area contributed by atoms with Crippen LogP contribution < -0.4 is 5.32 Å². The average molecular weight is 415 g/mol. The zero-order chi connectivity index (χ0) is 21.5. The molecule has 3 aromatic carbocycles. The van der Waals surface area contributed by atoms with Crippen LogP contribution in [0, 0.1) is 0 Å². The Morgan fingerprint density at radius 2 is 1.65 bits per heavy atom. The third kappa shape index (κ3) is 5.10. The monoisotopic (exact) mass is 414 g/mol. The number of para-hydroxylation sites is 2. The highest BCUT2D eigenvalue weighted by Crippen LogP contribution is 2.18. The lowest BCUT2D eigenvalue weighted by molar-refractivity contribution is 0.177. The number of aliphatic hydroxyl groups excluding tert-OH is 1. The maximum absolute atomic E-state index is 12.6. The molecule has 31 heavy (non-hydrogen) atoms. The Morgan fingerprint density at radius 1 is 0.903 bits per heavy atom. The molecule has 0 spiro atoms. The first kappa shape index (κ1) is 20.6. The molecule has 0 aliphatic rings. The summed E-state index contributed by atoms with van der Waals surface area (Å²) >= 11 is 0. The number of aliphatic hydroxyl groups is 1. The second kappa shape index (κ2) is 9.91. The van der Waals surface area contributed by atoms with Crippen molar-refractivity contribution in [2.24, 2.45) is 0 Å². The molecule has 0 aliphatic heterocycles. The van der Waals surface area contributed by atoms with Crippen molar-refractivity contribution < 1.29 is 9.90 Å². The van der Waals surface area contributed by atoms with E-state index in [1.165, 1.54) is 5.56 Å². The number of imidazole rings is 1. The molecule has 6 nitrogen and oxygen atoms in total. The molecule has 0 unspecified atom stereocenters. The van der Waals surface area contributed by atoms with E-state index in [0.717, 1.165) is 28.7 Å². The number of aromatic nitrogens is 2. The number of rotatable bonds is 8. The van der Waals surface area contributed by atoms with Crippen molar-refractivity contribution in [2.75, 3.05) is 19.7 Å². The van der Waals surface area contributed by atoms with Gasteiger partial charge in [-0.05, 0) is 41.8 Å². The van der Waals surface area contributed by atoms with Crippen molar-refractivity contribution >= 4 is 17.1 Å². The van der Waals surface area contributed by atoms with Gasteiger partial charge in [0.05, 0.1) is 17.6 Å². The quantitative estimate of drug-likeness (QED) is 0.461. The molecule has 1 heterocycles. The lowest BCUT2D eigenvalue weighted by Crippen LogP contribution is -2.42. The highest BCUT2D eigenvalue weighted by Gasteiger charge is 2.12.